The number of nitrogens with zero attached hydrogens (tertiary/aromatic N) is 5. The van der Waals surface area contributed by atoms with Crippen LogP contribution in [0, 0.1) is 6.92 Å². The molecular weight excluding hydrogens is 318 g/mol. The van der Waals surface area contributed by atoms with Gasteiger partial charge in [-0.05, 0) is 18.6 Å². The molecule has 8 heteroatoms. The number of imidazole rings is 1. The van der Waals surface area contributed by atoms with E-state index < -0.39 is 0 Å². The molecule has 0 saturated carbocycles. The van der Waals surface area contributed by atoms with Gasteiger partial charge in [-0.1, -0.05) is 6.07 Å². The number of hydrogen-bond acceptors (Lipinski definition) is 7. The first-order valence-corrected chi connectivity index (χ1v) is 8.45. The summed E-state index contributed by atoms with van der Waals surface area (Å²) in [6.07, 6.45) is 3.47. The lowest BCUT2D eigenvalue weighted by molar-refractivity contribution is 0.122. The van der Waals surface area contributed by atoms with Crippen LogP contribution < -0.4 is 10.2 Å². The molecule has 1 fully saturated rings. The van der Waals surface area contributed by atoms with Crippen LogP contribution in [-0.4, -0.2) is 51.2 Å². The zero-order valence-electron chi connectivity index (χ0n) is 14.2. The van der Waals surface area contributed by atoms with Crippen molar-refractivity contribution in [2.24, 2.45) is 0 Å². The zero-order chi connectivity index (χ0) is 17.1. The summed E-state index contributed by atoms with van der Waals surface area (Å²) in [5.74, 6) is 1.64. The number of morpholine rings is 1. The third kappa shape index (κ3) is 3.45. The molecule has 2 N–H and O–H groups in total. The van der Waals surface area contributed by atoms with E-state index in [9.17, 15) is 0 Å². The molecule has 4 heterocycles. The minimum absolute atomic E-state index is 0.578. The van der Waals surface area contributed by atoms with Crippen molar-refractivity contribution in [3.63, 3.8) is 0 Å². The molecule has 25 heavy (non-hydrogen) atoms. The van der Waals surface area contributed by atoms with Crippen LogP contribution in [-0.2, 0) is 17.8 Å². The number of nitrogens with one attached hydrogen (secondary N) is 2. The molecule has 1 aliphatic heterocycles. The Labute approximate surface area is 145 Å². The maximum absolute atomic E-state index is 5.44. The second-order valence-electron chi connectivity index (χ2n) is 6.02. The van der Waals surface area contributed by atoms with Crippen LogP contribution in [0.25, 0.3) is 11.2 Å². The summed E-state index contributed by atoms with van der Waals surface area (Å²) in [7, 11) is 0. The predicted molar refractivity (Wildman–Crippen MR) is 94.2 cm³/mol. The summed E-state index contributed by atoms with van der Waals surface area (Å²) in [4.78, 5) is 23.3. The van der Waals surface area contributed by atoms with E-state index in [4.69, 9.17) is 9.72 Å². The Hall–Kier alpha value is -2.58. The Morgan fingerprint density at radius 2 is 2.08 bits per heavy atom. The predicted octanol–water partition coefficient (Wildman–Crippen LogP) is 1.18. The molecule has 3 aromatic heterocycles. The van der Waals surface area contributed by atoms with Crippen molar-refractivity contribution in [3.05, 3.63) is 41.7 Å². The van der Waals surface area contributed by atoms with Crippen molar-refractivity contribution >= 4 is 17.0 Å². The molecule has 0 aliphatic carbocycles. The van der Waals surface area contributed by atoms with Gasteiger partial charge in [-0.2, -0.15) is 0 Å². The third-order valence-corrected chi connectivity index (χ3v) is 4.34. The fraction of sp³-hybridized carbons (Fsp3) is 0.412. The molecule has 130 valence electrons. The Balaban J connectivity index is 1.52. The van der Waals surface area contributed by atoms with Crippen molar-refractivity contribution in [2.45, 2.75) is 20.0 Å². The molecule has 1 aliphatic rings. The second kappa shape index (κ2) is 7.12. The fourth-order valence-corrected chi connectivity index (χ4v) is 2.96. The first kappa shape index (κ1) is 15.9. The van der Waals surface area contributed by atoms with Crippen LogP contribution >= 0.6 is 0 Å². The Kier molecular flexibility index (Phi) is 4.53. The first-order chi connectivity index (χ1) is 12.3. The number of aromatic nitrogens is 5. The van der Waals surface area contributed by atoms with E-state index >= 15 is 0 Å². The van der Waals surface area contributed by atoms with Crippen molar-refractivity contribution in [2.75, 3.05) is 31.2 Å². The summed E-state index contributed by atoms with van der Waals surface area (Å²) in [6.45, 7) is 6.41. The number of rotatable bonds is 5. The number of fused-ring (bicyclic) bond motifs is 1. The lowest BCUT2D eigenvalue weighted by Gasteiger charge is -2.28. The van der Waals surface area contributed by atoms with E-state index in [0.29, 0.717) is 25.4 Å². The van der Waals surface area contributed by atoms with Crippen molar-refractivity contribution in [1.29, 1.82) is 0 Å². The highest BCUT2D eigenvalue weighted by atomic mass is 16.5. The van der Waals surface area contributed by atoms with Gasteiger partial charge in [0.15, 0.2) is 11.5 Å². The zero-order valence-corrected chi connectivity index (χ0v) is 14.2. The van der Waals surface area contributed by atoms with Crippen molar-refractivity contribution in [3.8, 4) is 0 Å². The van der Waals surface area contributed by atoms with Crippen LogP contribution in [0.2, 0.25) is 0 Å². The van der Waals surface area contributed by atoms with Crippen LogP contribution in [0.3, 0.4) is 0 Å². The van der Waals surface area contributed by atoms with Gasteiger partial charge in [0.2, 0.25) is 0 Å². The Morgan fingerprint density at radius 3 is 2.92 bits per heavy atom. The molecule has 8 nitrogen and oxygen atoms in total. The van der Waals surface area contributed by atoms with Crippen molar-refractivity contribution < 1.29 is 4.74 Å². The van der Waals surface area contributed by atoms with Gasteiger partial charge < -0.3 is 19.9 Å². The molecule has 4 rings (SSSR count). The number of H-pyrrole nitrogens is 1. The summed E-state index contributed by atoms with van der Waals surface area (Å²) in [6, 6.07) is 4.03. The molecular formula is C17H21N7O. The molecule has 0 spiro atoms. The topological polar surface area (TPSA) is 91.8 Å². The quantitative estimate of drug-likeness (QED) is 0.721. The highest BCUT2D eigenvalue weighted by Gasteiger charge is 2.18. The molecule has 0 radical (unpaired) electrons. The van der Waals surface area contributed by atoms with E-state index in [1.54, 1.807) is 6.33 Å². The summed E-state index contributed by atoms with van der Waals surface area (Å²) < 4.78 is 5.44. The normalized spacial score (nSPS) is 15.0. The van der Waals surface area contributed by atoms with Crippen molar-refractivity contribution in [1.82, 2.24) is 30.2 Å². The third-order valence-electron chi connectivity index (χ3n) is 4.34. The maximum atomic E-state index is 5.44. The molecule has 0 atom stereocenters. The fourth-order valence-electron chi connectivity index (χ4n) is 2.96. The molecule has 0 unspecified atom stereocenters. The van der Waals surface area contributed by atoms with Crippen LogP contribution in [0.15, 0.2) is 24.7 Å². The Bertz CT molecular complexity index is 857. The number of hydrogen-bond donors (Lipinski definition) is 2. The highest BCUT2D eigenvalue weighted by Crippen LogP contribution is 2.22. The van der Waals surface area contributed by atoms with Gasteiger partial charge in [0.1, 0.15) is 11.3 Å². The van der Waals surface area contributed by atoms with Gasteiger partial charge in [0, 0.05) is 31.5 Å². The minimum Gasteiger partial charge on any atom is -0.378 e. The van der Waals surface area contributed by atoms with Crippen LogP contribution in [0.5, 0.6) is 0 Å². The molecule has 0 amide bonds. The largest absolute Gasteiger partial charge is 0.378 e. The van der Waals surface area contributed by atoms with Gasteiger partial charge in [-0.15, -0.1) is 0 Å². The number of aromatic amines is 1. The van der Waals surface area contributed by atoms with Gasteiger partial charge in [0.05, 0.1) is 26.1 Å². The van der Waals surface area contributed by atoms with Crippen LogP contribution in [0.1, 0.15) is 17.1 Å². The number of ether oxygens (including phenoxy) is 1. The SMILES string of the molecule is Cc1ncccc1CNCc1nc(N2CCOCC2)c2[nH]cnc2n1. The summed E-state index contributed by atoms with van der Waals surface area (Å²) >= 11 is 0. The first-order valence-electron chi connectivity index (χ1n) is 8.45. The average Bonchev–Trinajstić information content (AvgIpc) is 3.12. The molecule has 1 saturated heterocycles. The molecule has 0 aromatic carbocycles. The van der Waals surface area contributed by atoms with E-state index in [2.05, 4.69) is 36.2 Å². The average molecular weight is 339 g/mol. The van der Waals surface area contributed by atoms with Gasteiger partial charge in [-0.3, -0.25) is 4.98 Å². The lowest BCUT2D eigenvalue weighted by atomic mass is 10.2. The van der Waals surface area contributed by atoms with Crippen LogP contribution in [0.4, 0.5) is 5.82 Å². The number of aryl methyl sites for hydroxylation is 1. The monoisotopic (exact) mass is 339 g/mol. The number of anilines is 1. The van der Waals surface area contributed by atoms with Gasteiger partial charge in [0.25, 0.3) is 0 Å². The minimum atomic E-state index is 0.578. The summed E-state index contributed by atoms with van der Waals surface area (Å²) in [5, 5.41) is 3.40. The molecule has 3 aromatic rings. The maximum Gasteiger partial charge on any atom is 0.183 e. The van der Waals surface area contributed by atoms with E-state index in [1.165, 1.54) is 5.56 Å². The number of pyridine rings is 1. The highest BCUT2D eigenvalue weighted by molar-refractivity contribution is 5.83. The van der Waals surface area contributed by atoms with E-state index in [1.807, 2.05) is 19.2 Å². The van der Waals surface area contributed by atoms with Gasteiger partial charge >= 0.3 is 0 Å². The smallest absolute Gasteiger partial charge is 0.183 e. The Morgan fingerprint density at radius 1 is 1.20 bits per heavy atom. The summed E-state index contributed by atoms with van der Waals surface area (Å²) in [5.41, 5.74) is 3.80. The standard InChI is InChI=1S/C17H21N7O/c1-12-13(3-2-4-19-12)9-18-10-14-22-16-15(20-11-21-16)17(23-14)24-5-7-25-8-6-24/h2-4,11,18H,5-10H2,1H3,(H,20,21,22,23). The second-order valence-corrected chi connectivity index (χ2v) is 6.02. The molecule has 0 bridgehead atoms. The van der Waals surface area contributed by atoms with E-state index in [0.717, 1.165) is 42.5 Å². The van der Waals surface area contributed by atoms with Gasteiger partial charge in [-0.25, -0.2) is 15.0 Å². The van der Waals surface area contributed by atoms with E-state index in [-0.39, 0.29) is 0 Å². The lowest BCUT2D eigenvalue weighted by Crippen LogP contribution is -2.37.